The first-order chi connectivity index (χ1) is 8.09. The molecule has 5 heteroatoms. The molecular weight excluding hydrogens is 243 g/mol. The summed E-state index contributed by atoms with van der Waals surface area (Å²) in [4.78, 5) is 4.08. The summed E-state index contributed by atoms with van der Waals surface area (Å²) < 4.78 is 15.4. The summed E-state index contributed by atoms with van der Waals surface area (Å²) in [7, 11) is 1.82. The van der Waals surface area contributed by atoms with Crippen LogP contribution in [-0.2, 0) is 13.5 Å². The van der Waals surface area contributed by atoms with Gasteiger partial charge in [0.25, 0.3) is 0 Å². The van der Waals surface area contributed by atoms with Crippen molar-refractivity contribution in [1.29, 1.82) is 0 Å². The van der Waals surface area contributed by atoms with E-state index in [-0.39, 0.29) is 17.0 Å². The molecule has 0 saturated heterocycles. The van der Waals surface area contributed by atoms with Crippen molar-refractivity contribution < 1.29 is 9.50 Å². The van der Waals surface area contributed by atoms with Crippen LogP contribution in [0.15, 0.2) is 30.6 Å². The summed E-state index contributed by atoms with van der Waals surface area (Å²) in [5, 5.41) is 9.99. The predicted octanol–water partition coefficient (Wildman–Crippen LogP) is 2.49. The number of aliphatic hydroxyl groups excluding tert-OH is 1. The van der Waals surface area contributed by atoms with Crippen LogP contribution >= 0.6 is 11.6 Å². The van der Waals surface area contributed by atoms with Crippen LogP contribution in [0.5, 0.6) is 0 Å². The molecule has 0 fully saturated rings. The molecule has 1 aromatic heterocycles. The zero-order valence-corrected chi connectivity index (χ0v) is 10.0. The number of aromatic nitrogens is 2. The summed E-state index contributed by atoms with van der Waals surface area (Å²) in [5.41, 5.74) is 0.195. The minimum atomic E-state index is -0.949. The minimum Gasteiger partial charge on any atom is -0.388 e. The van der Waals surface area contributed by atoms with Gasteiger partial charge in [0.2, 0.25) is 0 Å². The van der Waals surface area contributed by atoms with Crippen molar-refractivity contribution in [2.24, 2.45) is 7.05 Å². The van der Waals surface area contributed by atoms with Gasteiger partial charge in [0, 0.05) is 31.4 Å². The van der Waals surface area contributed by atoms with Crippen LogP contribution < -0.4 is 0 Å². The average Bonchev–Trinajstić information content (AvgIpc) is 2.68. The highest BCUT2D eigenvalue weighted by Gasteiger charge is 2.17. The molecule has 17 heavy (non-hydrogen) atoms. The SMILES string of the molecule is Cn1ccnc1CC(O)c1cccc(Cl)c1F. The number of benzene rings is 1. The molecule has 2 aromatic rings. The molecule has 0 aliphatic carbocycles. The van der Waals surface area contributed by atoms with Crippen molar-refractivity contribution in [1.82, 2.24) is 9.55 Å². The highest BCUT2D eigenvalue weighted by molar-refractivity contribution is 6.30. The lowest BCUT2D eigenvalue weighted by Crippen LogP contribution is -2.08. The van der Waals surface area contributed by atoms with Gasteiger partial charge >= 0.3 is 0 Å². The standard InChI is InChI=1S/C12H12ClFN2O/c1-16-6-5-15-11(16)7-10(17)8-3-2-4-9(13)12(8)14/h2-6,10,17H,7H2,1H3. The Balaban J connectivity index is 2.23. The van der Waals surface area contributed by atoms with E-state index in [1.807, 2.05) is 7.05 Å². The Morgan fingerprint density at radius 1 is 1.53 bits per heavy atom. The van der Waals surface area contributed by atoms with E-state index in [0.717, 1.165) is 0 Å². The Morgan fingerprint density at radius 2 is 2.29 bits per heavy atom. The van der Waals surface area contributed by atoms with Crippen LogP contribution in [0.1, 0.15) is 17.5 Å². The molecule has 0 amide bonds. The van der Waals surface area contributed by atoms with Gasteiger partial charge in [-0.3, -0.25) is 0 Å². The lowest BCUT2D eigenvalue weighted by molar-refractivity contribution is 0.170. The third-order valence-electron chi connectivity index (χ3n) is 2.64. The Hall–Kier alpha value is -1.39. The van der Waals surface area contributed by atoms with Crippen molar-refractivity contribution in [3.8, 4) is 0 Å². The molecule has 2 rings (SSSR count). The second-order valence-electron chi connectivity index (χ2n) is 3.82. The van der Waals surface area contributed by atoms with Crippen LogP contribution in [-0.4, -0.2) is 14.7 Å². The maximum absolute atomic E-state index is 13.7. The Labute approximate surface area is 103 Å². The summed E-state index contributed by atoms with van der Waals surface area (Å²) in [5.74, 6) is 0.118. The van der Waals surface area contributed by atoms with Crippen LogP contribution in [0, 0.1) is 5.82 Å². The first-order valence-electron chi connectivity index (χ1n) is 5.17. The normalized spacial score (nSPS) is 12.7. The number of hydrogen-bond acceptors (Lipinski definition) is 2. The molecule has 0 spiro atoms. The summed E-state index contributed by atoms with van der Waals surface area (Å²) in [6, 6.07) is 4.59. The van der Waals surface area contributed by atoms with E-state index in [4.69, 9.17) is 11.6 Å². The van der Waals surface area contributed by atoms with Gasteiger partial charge in [-0.15, -0.1) is 0 Å². The van der Waals surface area contributed by atoms with E-state index in [9.17, 15) is 9.50 Å². The fourth-order valence-corrected chi connectivity index (χ4v) is 1.84. The van der Waals surface area contributed by atoms with Gasteiger partial charge < -0.3 is 9.67 Å². The lowest BCUT2D eigenvalue weighted by atomic mass is 10.1. The highest BCUT2D eigenvalue weighted by atomic mass is 35.5. The molecule has 3 nitrogen and oxygen atoms in total. The summed E-state index contributed by atoms with van der Waals surface area (Å²) in [6.07, 6.45) is 2.71. The van der Waals surface area contributed by atoms with Gasteiger partial charge in [-0.05, 0) is 6.07 Å². The van der Waals surface area contributed by atoms with Crippen molar-refractivity contribution in [2.75, 3.05) is 0 Å². The zero-order chi connectivity index (χ0) is 12.4. The van der Waals surface area contributed by atoms with E-state index in [0.29, 0.717) is 5.82 Å². The third kappa shape index (κ3) is 2.48. The quantitative estimate of drug-likeness (QED) is 0.914. The summed E-state index contributed by atoms with van der Waals surface area (Å²) in [6.45, 7) is 0. The largest absolute Gasteiger partial charge is 0.388 e. The maximum atomic E-state index is 13.7. The van der Waals surface area contributed by atoms with Crippen molar-refractivity contribution in [3.63, 3.8) is 0 Å². The first-order valence-corrected chi connectivity index (χ1v) is 5.55. The molecule has 0 aliphatic heterocycles. The Morgan fingerprint density at radius 3 is 2.94 bits per heavy atom. The number of nitrogens with zero attached hydrogens (tertiary/aromatic N) is 2. The molecule has 0 aliphatic rings. The number of aryl methyl sites for hydroxylation is 1. The van der Waals surface area contributed by atoms with Crippen LogP contribution in [0.4, 0.5) is 4.39 Å². The minimum absolute atomic E-state index is 0.0152. The van der Waals surface area contributed by atoms with E-state index in [1.165, 1.54) is 12.1 Å². The first kappa shape index (κ1) is 12.1. The number of imidazole rings is 1. The lowest BCUT2D eigenvalue weighted by Gasteiger charge is -2.12. The van der Waals surface area contributed by atoms with Gasteiger partial charge in [0.05, 0.1) is 11.1 Å². The smallest absolute Gasteiger partial charge is 0.147 e. The molecule has 90 valence electrons. The molecule has 1 N–H and O–H groups in total. The van der Waals surface area contributed by atoms with Gasteiger partial charge in [-0.2, -0.15) is 0 Å². The molecule has 1 unspecified atom stereocenters. The Kier molecular flexibility index (Phi) is 3.45. The topological polar surface area (TPSA) is 38.0 Å². The molecular formula is C12H12ClFN2O. The van der Waals surface area contributed by atoms with E-state index in [2.05, 4.69) is 4.98 Å². The monoisotopic (exact) mass is 254 g/mol. The third-order valence-corrected chi connectivity index (χ3v) is 2.93. The second-order valence-corrected chi connectivity index (χ2v) is 4.22. The molecule has 1 heterocycles. The molecule has 0 saturated carbocycles. The van der Waals surface area contributed by atoms with Crippen LogP contribution in [0.25, 0.3) is 0 Å². The van der Waals surface area contributed by atoms with Crippen molar-refractivity contribution in [3.05, 3.63) is 52.8 Å². The second kappa shape index (κ2) is 4.85. The van der Waals surface area contributed by atoms with Gasteiger partial charge in [0.15, 0.2) is 0 Å². The highest BCUT2D eigenvalue weighted by Crippen LogP contribution is 2.25. The Bertz CT molecular complexity index is 527. The predicted molar refractivity (Wildman–Crippen MR) is 63.3 cm³/mol. The van der Waals surface area contributed by atoms with Gasteiger partial charge in [-0.25, -0.2) is 9.37 Å². The number of halogens is 2. The zero-order valence-electron chi connectivity index (χ0n) is 9.27. The van der Waals surface area contributed by atoms with E-state index >= 15 is 0 Å². The number of rotatable bonds is 3. The van der Waals surface area contributed by atoms with Crippen LogP contribution in [0.3, 0.4) is 0 Å². The summed E-state index contributed by atoms with van der Waals surface area (Å²) >= 11 is 5.66. The van der Waals surface area contributed by atoms with Crippen molar-refractivity contribution >= 4 is 11.6 Å². The molecule has 1 aromatic carbocycles. The maximum Gasteiger partial charge on any atom is 0.147 e. The van der Waals surface area contributed by atoms with Crippen molar-refractivity contribution in [2.45, 2.75) is 12.5 Å². The van der Waals surface area contributed by atoms with E-state index in [1.54, 1.807) is 23.0 Å². The van der Waals surface area contributed by atoms with Crippen LogP contribution in [0.2, 0.25) is 5.02 Å². The fourth-order valence-electron chi connectivity index (χ4n) is 1.65. The number of hydrogen-bond donors (Lipinski definition) is 1. The number of aliphatic hydroxyl groups is 1. The van der Waals surface area contributed by atoms with E-state index < -0.39 is 11.9 Å². The fraction of sp³-hybridized carbons (Fsp3) is 0.250. The van der Waals surface area contributed by atoms with Gasteiger partial charge in [0.1, 0.15) is 11.6 Å². The average molecular weight is 255 g/mol. The molecule has 1 atom stereocenters. The molecule has 0 radical (unpaired) electrons. The molecule has 0 bridgehead atoms. The van der Waals surface area contributed by atoms with Gasteiger partial charge in [-0.1, -0.05) is 23.7 Å².